The fourth-order valence-corrected chi connectivity index (χ4v) is 3.49. The van der Waals surface area contributed by atoms with E-state index in [1.165, 1.54) is 25.5 Å². The molecule has 1 heterocycles. The molecule has 0 atom stereocenters. The summed E-state index contributed by atoms with van der Waals surface area (Å²) in [5, 5.41) is 2.92. The number of carbonyl (C=O) groups excluding carboxylic acids is 2. The summed E-state index contributed by atoms with van der Waals surface area (Å²) in [5.74, 6) is 0.627. The normalized spacial score (nSPS) is 13.2. The molecule has 0 bridgehead atoms. The molecule has 1 aliphatic heterocycles. The van der Waals surface area contributed by atoms with Gasteiger partial charge in [0.1, 0.15) is 5.75 Å². The first-order valence-electron chi connectivity index (χ1n) is 10.1. The topological polar surface area (TPSA) is 61.9 Å². The van der Waals surface area contributed by atoms with E-state index in [0.29, 0.717) is 13.1 Å². The van der Waals surface area contributed by atoms with Gasteiger partial charge in [0.05, 0.1) is 7.11 Å². The molecular formula is C23H29N3O3. The number of anilines is 2. The third-order valence-corrected chi connectivity index (χ3v) is 5.21. The van der Waals surface area contributed by atoms with Gasteiger partial charge in [-0.3, -0.25) is 9.59 Å². The summed E-state index contributed by atoms with van der Waals surface area (Å²) in [6.45, 7) is 4.57. The van der Waals surface area contributed by atoms with Crippen LogP contribution in [0.1, 0.15) is 31.7 Å². The minimum Gasteiger partial charge on any atom is -0.497 e. The average molecular weight is 396 g/mol. The Labute approximate surface area is 172 Å². The average Bonchev–Trinajstić information content (AvgIpc) is 3.27. The number of amides is 2. The Kier molecular flexibility index (Phi) is 7.11. The van der Waals surface area contributed by atoms with Gasteiger partial charge in [0, 0.05) is 50.9 Å². The van der Waals surface area contributed by atoms with Gasteiger partial charge in [-0.15, -0.1) is 0 Å². The van der Waals surface area contributed by atoms with Crippen LogP contribution in [0.2, 0.25) is 0 Å². The lowest BCUT2D eigenvalue weighted by molar-refractivity contribution is -0.129. The maximum Gasteiger partial charge on any atom is 0.226 e. The number of benzene rings is 2. The highest BCUT2D eigenvalue weighted by Crippen LogP contribution is 2.22. The van der Waals surface area contributed by atoms with Crippen molar-refractivity contribution in [3.63, 3.8) is 0 Å². The van der Waals surface area contributed by atoms with Crippen LogP contribution in [0.3, 0.4) is 0 Å². The van der Waals surface area contributed by atoms with Gasteiger partial charge in [-0.2, -0.15) is 0 Å². The second kappa shape index (κ2) is 9.96. The fourth-order valence-electron chi connectivity index (χ4n) is 3.49. The van der Waals surface area contributed by atoms with Crippen LogP contribution in [0.4, 0.5) is 11.4 Å². The number of hydrogen-bond acceptors (Lipinski definition) is 4. The molecule has 0 aromatic heterocycles. The zero-order valence-corrected chi connectivity index (χ0v) is 17.2. The van der Waals surface area contributed by atoms with E-state index >= 15 is 0 Å². The first kappa shape index (κ1) is 20.7. The van der Waals surface area contributed by atoms with Crippen molar-refractivity contribution in [2.75, 3.05) is 37.0 Å². The van der Waals surface area contributed by atoms with Crippen molar-refractivity contribution in [3.05, 3.63) is 54.1 Å². The lowest BCUT2D eigenvalue weighted by Gasteiger charge is -2.21. The zero-order chi connectivity index (χ0) is 20.6. The van der Waals surface area contributed by atoms with Crippen molar-refractivity contribution in [1.29, 1.82) is 0 Å². The second-order valence-electron chi connectivity index (χ2n) is 7.33. The van der Waals surface area contributed by atoms with Crippen LogP contribution in [0.25, 0.3) is 0 Å². The highest BCUT2D eigenvalue weighted by Gasteiger charge is 2.14. The Morgan fingerprint density at radius 2 is 1.69 bits per heavy atom. The highest BCUT2D eigenvalue weighted by molar-refractivity contribution is 5.91. The van der Waals surface area contributed by atoms with Crippen LogP contribution >= 0.6 is 0 Å². The number of carbonyl (C=O) groups is 2. The maximum atomic E-state index is 12.3. The summed E-state index contributed by atoms with van der Waals surface area (Å²) < 4.78 is 5.16. The van der Waals surface area contributed by atoms with Crippen molar-refractivity contribution < 1.29 is 14.3 Å². The first-order valence-corrected chi connectivity index (χ1v) is 10.1. The van der Waals surface area contributed by atoms with Crippen LogP contribution in [0.5, 0.6) is 5.75 Å². The minimum absolute atomic E-state index is 0.0522. The van der Waals surface area contributed by atoms with E-state index in [-0.39, 0.29) is 18.2 Å². The van der Waals surface area contributed by atoms with Crippen LogP contribution in [0.15, 0.2) is 48.5 Å². The third kappa shape index (κ3) is 5.98. The SMILES string of the molecule is COc1ccc(CN(CCC(=O)Nc2ccc(N3CCCC3)cc2)C(C)=O)cc1. The van der Waals surface area contributed by atoms with E-state index < -0.39 is 0 Å². The van der Waals surface area contributed by atoms with E-state index in [1.807, 2.05) is 48.5 Å². The van der Waals surface area contributed by atoms with E-state index in [1.54, 1.807) is 12.0 Å². The van der Waals surface area contributed by atoms with Crippen molar-refractivity contribution in [2.45, 2.75) is 32.7 Å². The molecule has 1 N–H and O–H groups in total. The van der Waals surface area contributed by atoms with E-state index in [2.05, 4.69) is 10.2 Å². The van der Waals surface area contributed by atoms with Crippen molar-refractivity contribution >= 4 is 23.2 Å². The summed E-state index contributed by atoms with van der Waals surface area (Å²) in [7, 11) is 1.62. The molecule has 6 heteroatoms. The predicted molar refractivity (Wildman–Crippen MR) is 115 cm³/mol. The van der Waals surface area contributed by atoms with Crippen molar-refractivity contribution in [1.82, 2.24) is 4.90 Å². The van der Waals surface area contributed by atoms with Crippen LogP contribution in [-0.4, -0.2) is 43.5 Å². The third-order valence-electron chi connectivity index (χ3n) is 5.21. The number of rotatable bonds is 8. The number of nitrogens with zero attached hydrogens (tertiary/aromatic N) is 2. The highest BCUT2D eigenvalue weighted by atomic mass is 16.5. The summed E-state index contributed by atoms with van der Waals surface area (Å²) in [5.41, 5.74) is 2.98. The Balaban J connectivity index is 1.49. The van der Waals surface area contributed by atoms with Gasteiger partial charge in [0.2, 0.25) is 11.8 Å². The molecule has 0 saturated carbocycles. The molecule has 1 aliphatic rings. The summed E-state index contributed by atoms with van der Waals surface area (Å²) in [4.78, 5) is 28.3. The molecule has 0 aliphatic carbocycles. The predicted octanol–water partition coefficient (Wildman–Crippen LogP) is 3.67. The second-order valence-corrected chi connectivity index (χ2v) is 7.33. The fraction of sp³-hybridized carbons (Fsp3) is 0.391. The molecule has 2 aromatic carbocycles. The lowest BCUT2D eigenvalue weighted by atomic mass is 10.2. The molecule has 2 aromatic rings. The van der Waals surface area contributed by atoms with E-state index in [4.69, 9.17) is 4.74 Å². The first-order chi connectivity index (χ1) is 14.0. The molecule has 3 rings (SSSR count). The zero-order valence-electron chi connectivity index (χ0n) is 17.2. The molecule has 2 amide bonds. The smallest absolute Gasteiger partial charge is 0.226 e. The van der Waals surface area contributed by atoms with Gasteiger partial charge in [-0.05, 0) is 54.8 Å². The monoisotopic (exact) mass is 395 g/mol. The number of methoxy groups -OCH3 is 1. The molecule has 0 unspecified atom stereocenters. The van der Waals surface area contributed by atoms with Gasteiger partial charge < -0.3 is 19.9 Å². The van der Waals surface area contributed by atoms with E-state index in [0.717, 1.165) is 30.1 Å². The van der Waals surface area contributed by atoms with Crippen molar-refractivity contribution in [2.24, 2.45) is 0 Å². The van der Waals surface area contributed by atoms with Gasteiger partial charge in [-0.25, -0.2) is 0 Å². The van der Waals surface area contributed by atoms with Gasteiger partial charge in [0.25, 0.3) is 0 Å². The molecule has 154 valence electrons. The quantitative estimate of drug-likeness (QED) is 0.741. The van der Waals surface area contributed by atoms with Gasteiger partial charge in [0.15, 0.2) is 0 Å². The standard InChI is InChI=1S/C23H29N3O3/c1-18(27)26(17-19-5-11-22(29-2)12-6-19)16-13-23(28)24-20-7-9-21(10-8-20)25-14-3-4-15-25/h5-12H,3-4,13-17H2,1-2H3,(H,24,28). The maximum absolute atomic E-state index is 12.3. The van der Waals surface area contributed by atoms with Crippen LogP contribution < -0.4 is 15.0 Å². The molecule has 0 radical (unpaired) electrons. The Morgan fingerprint density at radius 3 is 2.28 bits per heavy atom. The Bertz CT molecular complexity index is 812. The van der Waals surface area contributed by atoms with Crippen LogP contribution in [0, 0.1) is 0 Å². The summed E-state index contributed by atoms with van der Waals surface area (Å²) in [6, 6.07) is 15.6. The molecule has 1 saturated heterocycles. The molecule has 1 fully saturated rings. The largest absolute Gasteiger partial charge is 0.497 e. The van der Waals surface area contributed by atoms with E-state index in [9.17, 15) is 9.59 Å². The number of ether oxygens (including phenoxy) is 1. The van der Waals surface area contributed by atoms with Crippen LogP contribution in [-0.2, 0) is 16.1 Å². The number of hydrogen-bond donors (Lipinski definition) is 1. The Hall–Kier alpha value is -3.02. The minimum atomic E-state index is -0.0973. The summed E-state index contributed by atoms with van der Waals surface area (Å²) >= 11 is 0. The number of nitrogens with one attached hydrogen (secondary N) is 1. The van der Waals surface area contributed by atoms with Gasteiger partial charge >= 0.3 is 0 Å². The lowest BCUT2D eigenvalue weighted by Crippen LogP contribution is -2.31. The molecule has 29 heavy (non-hydrogen) atoms. The molecule has 6 nitrogen and oxygen atoms in total. The Morgan fingerprint density at radius 1 is 1.03 bits per heavy atom. The molecule has 0 spiro atoms. The summed E-state index contributed by atoms with van der Waals surface area (Å²) in [6.07, 6.45) is 2.73. The molecular weight excluding hydrogens is 366 g/mol. The van der Waals surface area contributed by atoms with Gasteiger partial charge in [-0.1, -0.05) is 12.1 Å². The van der Waals surface area contributed by atoms with Crippen molar-refractivity contribution in [3.8, 4) is 5.75 Å².